The zero-order valence-corrected chi connectivity index (χ0v) is 16.8. The fourth-order valence-electron chi connectivity index (χ4n) is 3.98. The van der Waals surface area contributed by atoms with E-state index >= 15 is 0 Å². The average molecular weight is 405 g/mol. The number of rotatable bonds is 3. The zero-order valence-electron chi connectivity index (χ0n) is 16.8. The van der Waals surface area contributed by atoms with Crippen LogP contribution >= 0.6 is 0 Å². The molecule has 2 aromatic carbocycles. The van der Waals surface area contributed by atoms with E-state index in [1.54, 1.807) is 41.3 Å². The number of carbonyl (C=O) groups is 3. The highest BCUT2D eigenvalue weighted by molar-refractivity contribution is 6.00. The Morgan fingerprint density at radius 2 is 1.77 bits per heavy atom. The van der Waals surface area contributed by atoms with E-state index in [4.69, 9.17) is 4.74 Å². The number of ether oxygens (including phenoxy) is 2. The van der Waals surface area contributed by atoms with Crippen LogP contribution in [0.1, 0.15) is 45.5 Å². The quantitative estimate of drug-likeness (QED) is 0.577. The molecule has 1 amide bonds. The van der Waals surface area contributed by atoms with E-state index in [1.807, 2.05) is 18.2 Å². The summed E-state index contributed by atoms with van der Waals surface area (Å²) >= 11 is 0. The lowest BCUT2D eigenvalue weighted by atomic mass is 9.82. The summed E-state index contributed by atoms with van der Waals surface area (Å²) in [6.07, 6.45) is 4.87. The van der Waals surface area contributed by atoms with Crippen molar-refractivity contribution in [2.75, 3.05) is 20.2 Å². The number of carbonyl (C=O) groups excluding carboxylic acids is 3. The Labute approximate surface area is 175 Å². The van der Waals surface area contributed by atoms with Gasteiger partial charge >= 0.3 is 5.97 Å². The van der Waals surface area contributed by atoms with Crippen LogP contribution in [0.15, 0.2) is 54.6 Å². The van der Waals surface area contributed by atoms with E-state index in [2.05, 4.69) is 4.74 Å². The molecule has 0 aromatic heterocycles. The molecule has 154 valence electrons. The van der Waals surface area contributed by atoms with Crippen molar-refractivity contribution in [3.63, 3.8) is 0 Å². The standard InChI is InChI=1S/C24H23NO5/c1-29-23(28)18-9-6-17(7-10-18)8-11-22(27)25-14-12-24(13-15-25)16-20(26)19-4-2-3-5-21(19)30-24/h2-11H,12-16H2,1H3/b11-8+. The molecule has 0 radical (unpaired) electrons. The number of likely N-dealkylation sites (tertiary alicyclic amines) is 1. The molecule has 0 unspecified atom stereocenters. The Kier molecular flexibility index (Phi) is 5.40. The first-order valence-electron chi connectivity index (χ1n) is 9.96. The fourth-order valence-corrected chi connectivity index (χ4v) is 3.98. The maximum Gasteiger partial charge on any atom is 0.337 e. The molecule has 1 saturated heterocycles. The van der Waals surface area contributed by atoms with Crippen molar-refractivity contribution in [3.8, 4) is 5.75 Å². The first-order chi connectivity index (χ1) is 14.5. The highest BCUT2D eigenvalue weighted by atomic mass is 16.5. The van der Waals surface area contributed by atoms with E-state index in [0.29, 0.717) is 49.2 Å². The van der Waals surface area contributed by atoms with Gasteiger partial charge in [-0.05, 0) is 35.9 Å². The van der Waals surface area contributed by atoms with Crippen molar-refractivity contribution >= 4 is 23.7 Å². The number of benzene rings is 2. The molecule has 2 aliphatic heterocycles. The lowest BCUT2D eigenvalue weighted by molar-refractivity contribution is -0.129. The van der Waals surface area contributed by atoms with Gasteiger partial charge in [-0.15, -0.1) is 0 Å². The van der Waals surface area contributed by atoms with Gasteiger partial charge in [0, 0.05) is 32.0 Å². The van der Waals surface area contributed by atoms with Gasteiger partial charge in [-0.2, -0.15) is 0 Å². The number of esters is 1. The summed E-state index contributed by atoms with van der Waals surface area (Å²) in [6.45, 7) is 1.08. The number of ketones is 1. The van der Waals surface area contributed by atoms with E-state index in [9.17, 15) is 14.4 Å². The molecule has 2 aliphatic rings. The van der Waals surface area contributed by atoms with Gasteiger partial charge in [-0.1, -0.05) is 24.3 Å². The van der Waals surface area contributed by atoms with Gasteiger partial charge in [0.2, 0.25) is 5.91 Å². The van der Waals surface area contributed by atoms with E-state index in [1.165, 1.54) is 13.2 Å². The Balaban J connectivity index is 1.36. The molecule has 6 nitrogen and oxygen atoms in total. The topological polar surface area (TPSA) is 72.9 Å². The predicted octanol–water partition coefficient (Wildman–Crippen LogP) is 3.51. The zero-order chi connectivity index (χ0) is 21.1. The van der Waals surface area contributed by atoms with Gasteiger partial charge in [0.15, 0.2) is 5.78 Å². The van der Waals surface area contributed by atoms with Crippen molar-refractivity contribution in [2.45, 2.75) is 24.9 Å². The Hall–Kier alpha value is -3.41. The molecule has 6 heteroatoms. The highest BCUT2D eigenvalue weighted by Gasteiger charge is 2.43. The SMILES string of the molecule is COC(=O)c1ccc(/C=C/C(=O)N2CCC3(CC2)CC(=O)c2ccccc2O3)cc1. The van der Waals surface area contributed by atoms with Crippen LogP contribution in [0.4, 0.5) is 0 Å². The molecule has 4 rings (SSSR count). The number of fused-ring (bicyclic) bond motifs is 1. The molecule has 2 heterocycles. The van der Waals surface area contributed by atoms with Gasteiger partial charge < -0.3 is 14.4 Å². The lowest BCUT2D eigenvalue weighted by Crippen LogP contribution is -2.52. The number of nitrogens with zero attached hydrogens (tertiary/aromatic N) is 1. The Morgan fingerprint density at radius 3 is 2.47 bits per heavy atom. The van der Waals surface area contributed by atoms with E-state index in [0.717, 1.165) is 5.56 Å². The molecule has 2 aromatic rings. The van der Waals surface area contributed by atoms with Crippen molar-refractivity contribution in [1.29, 1.82) is 0 Å². The van der Waals surface area contributed by atoms with Crippen LogP contribution in [0.5, 0.6) is 5.75 Å². The average Bonchev–Trinajstić information content (AvgIpc) is 2.78. The van der Waals surface area contributed by atoms with Gasteiger partial charge in [0.05, 0.1) is 24.7 Å². The first-order valence-corrected chi connectivity index (χ1v) is 9.96. The summed E-state index contributed by atoms with van der Waals surface area (Å²) in [5.74, 6) is 0.273. The van der Waals surface area contributed by atoms with Crippen LogP contribution in [0.2, 0.25) is 0 Å². The minimum Gasteiger partial charge on any atom is -0.486 e. The fraction of sp³-hybridized carbons (Fsp3) is 0.292. The maximum absolute atomic E-state index is 12.6. The number of hydrogen-bond acceptors (Lipinski definition) is 5. The van der Waals surface area contributed by atoms with Gasteiger partial charge in [-0.25, -0.2) is 4.79 Å². The third-order valence-corrected chi connectivity index (χ3v) is 5.73. The molecular formula is C24H23NO5. The van der Waals surface area contributed by atoms with Crippen LogP contribution in [-0.4, -0.2) is 48.4 Å². The number of methoxy groups -OCH3 is 1. The van der Waals surface area contributed by atoms with Gasteiger partial charge in [0.25, 0.3) is 0 Å². The Morgan fingerprint density at radius 1 is 1.07 bits per heavy atom. The van der Waals surface area contributed by atoms with Crippen molar-refractivity contribution in [1.82, 2.24) is 4.90 Å². The van der Waals surface area contributed by atoms with Gasteiger partial charge in [0.1, 0.15) is 11.4 Å². The second-order valence-corrected chi connectivity index (χ2v) is 7.65. The number of hydrogen-bond donors (Lipinski definition) is 0. The van der Waals surface area contributed by atoms with E-state index in [-0.39, 0.29) is 11.7 Å². The summed E-state index contributed by atoms with van der Waals surface area (Å²) in [5.41, 5.74) is 1.41. The smallest absolute Gasteiger partial charge is 0.337 e. The number of piperidine rings is 1. The summed E-state index contributed by atoms with van der Waals surface area (Å²) in [4.78, 5) is 38.4. The molecule has 0 N–H and O–H groups in total. The lowest BCUT2D eigenvalue weighted by Gasteiger charge is -2.43. The summed E-state index contributed by atoms with van der Waals surface area (Å²) < 4.78 is 10.9. The summed E-state index contributed by atoms with van der Waals surface area (Å²) in [7, 11) is 1.34. The summed E-state index contributed by atoms with van der Waals surface area (Å²) in [5, 5.41) is 0. The van der Waals surface area contributed by atoms with Crippen LogP contribution < -0.4 is 4.74 Å². The van der Waals surface area contributed by atoms with Crippen LogP contribution in [0.3, 0.4) is 0 Å². The van der Waals surface area contributed by atoms with Crippen LogP contribution in [0, 0.1) is 0 Å². The molecule has 1 spiro atoms. The molecule has 0 saturated carbocycles. The van der Waals surface area contributed by atoms with E-state index < -0.39 is 11.6 Å². The first kappa shape index (κ1) is 19.9. The second kappa shape index (κ2) is 8.14. The summed E-state index contributed by atoms with van der Waals surface area (Å²) in [6, 6.07) is 14.2. The molecule has 0 atom stereocenters. The van der Waals surface area contributed by atoms with Crippen molar-refractivity contribution < 1.29 is 23.9 Å². The van der Waals surface area contributed by atoms with Crippen molar-refractivity contribution in [3.05, 3.63) is 71.3 Å². The second-order valence-electron chi connectivity index (χ2n) is 7.65. The molecule has 30 heavy (non-hydrogen) atoms. The highest BCUT2D eigenvalue weighted by Crippen LogP contribution is 2.39. The Bertz CT molecular complexity index is 1000. The third kappa shape index (κ3) is 3.99. The van der Waals surface area contributed by atoms with Crippen LogP contribution in [0.25, 0.3) is 6.08 Å². The molecular weight excluding hydrogens is 382 g/mol. The largest absolute Gasteiger partial charge is 0.486 e. The number of Topliss-reactive ketones (excluding diaryl/α,β-unsaturated/α-hetero) is 1. The minimum atomic E-state index is -0.518. The molecule has 0 bridgehead atoms. The normalized spacial score (nSPS) is 17.5. The maximum atomic E-state index is 12.6. The van der Waals surface area contributed by atoms with Crippen LogP contribution in [-0.2, 0) is 9.53 Å². The number of amides is 1. The monoisotopic (exact) mass is 405 g/mol. The molecule has 1 fully saturated rings. The number of para-hydroxylation sites is 1. The van der Waals surface area contributed by atoms with Gasteiger partial charge in [-0.3, -0.25) is 9.59 Å². The predicted molar refractivity (Wildman–Crippen MR) is 111 cm³/mol. The third-order valence-electron chi connectivity index (χ3n) is 5.73. The van der Waals surface area contributed by atoms with Crippen molar-refractivity contribution in [2.24, 2.45) is 0 Å². The molecule has 0 aliphatic carbocycles. The minimum absolute atomic E-state index is 0.0792.